The van der Waals surface area contributed by atoms with Gasteiger partial charge in [0.1, 0.15) is 5.82 Å². The van der Waals surface area contributed by atoms with Crippen molar-refractivity contribution in [3.63, 3.8) is 0 Å². The first-order valence-corrected chi connectivity index (χ1v) is 9.40. The second-order valence-electron chi connectivity index (χ2n) is 6.80. The highest BCUT2D eigenvalue weighted by atomic mass is 127. The number of nitrogens with zero attached hydrogens (tertiary/aromatic N) is 4. The summed E-state index contributed by atoms with van der Waals surface area (Å²) in [5.41, 5.74) is 4.11. The molecule has 2 heterocycles. The van der Waals surface area contributed by atoms with E-state index in [1.165, 1.54) is 16.7 Å². The van der Waals surface area contributed by atoms with Crippen LogP contribution >= 0.6 is 24.0 Å². The molecule has 0 aliphatic carbocycles. The quantitative estimate of drug-likeness (QED) is 0.347. The van der Waals surface area contributed by atoms with Crippen molar-refractivity contribution >= 4 is 29.9 Å². The zero-order chi connectivity index (χ0) is 18.5. The third-order valence-electron chi connectivity index (χ3n) is 5.04. The Kier molecular flexibility index (Phi) is 7.08. The van der Waals surface area contributed by atoms with Crippen LogP contribution in [0, 0.1) is 0 Å². The third kappa shape index (κ3) is 4.73. The van der Waals surface area contributed by atoms with E-state index >= 15 is 0 Å². The first kappa shape index (κ1) is 20.4. The van der Waals surface area contributed by atoms with Crippen LogP contribution in [0.1, 0.15) is 22.5 Å². The van der Waals surface area contributed by atoms with Crippen LogP contribution in [0.4, 0.5) is 0 Å². The third-order valence-corrected chi connectivity index (χ3v) is 5.04. The highest BCUT2D eigenvalue weighted by molar-refractivity contribution is 14.0. The van der Waals surface area contributed by atoms with Gasteiger partial charge in [-0.1, -0.05) is 54.6 Å². The highest BCUT2D eigenvalue weighted by Gasteiger charge is 2.18. The molecule has 1 N–H and O–H groups in total. The monoisotopic (exact) mass is 487 g/mol. The second-order valence-corrected chi connectivity index (χ2v) is 6.80. The number of aromatic nitrogens is 2. The lowest BCUT2D eigenvalue weighted by Crippen LogP contribution is -2.44. The zero-order valence-corrected chi connectivity index (χ0v) is 18.4. The Morgan fingerprint density at radius 1 is 1.07 bits per heavy atom. The van der Waals surface area contributed by atoms with E-state index in [0.717, 1.165) is 37.8 Å². The largest absolute Gasteiger partial charge is 0.349 e. The number of guanidine groups is 1. The van der Waals surface area contributed by atoms with Gasteiger partial charge in [0.15, 0.2) is 5.96 Å². The predicted octanol–water partition coefficient (Wildman–Crippen LogP) is 3.68. The maximum Gasteiger partial charge on any atom is 0.194 e. The molecule has 1 aliphatic heterocycles. The maximum atomic E-state index is 4.53. The van der Waals surface area contributed by atoms with Crippen molar-refractivity contribution in [2.24, 2.45) is 4.99 Å². The van der Waals surface area contributed by atoms with Gasteiger partial charge in [-0.25, -0.2) is 4.98 Å². The summed E-state index contributed by atoms with van der Waals surface area (Å²) in [4.78, 5) is 11.3. The van der Waals surface area contributed by atoms with Gasteiger partial charge in [0.2, 0.25) is 0 Å². The molecule has 6 heteroatoms. The van der Waals surface area contributed by atoms with Crippen LogP contribution in [-0.4, -0.2) is 34.0 Å². The van der Waals surface area contributed by atoms with Crippen molar-refractivity contribution in [1.29, 1.82) is 0 Å². The van der Waals surface area contributed by atoms with Crippen LogP contribution in [0.15, 0.2) is 72.0 Å². The van der Waals surface area contributed by atoms with Gasteiger partial charge in [0, 0.05) is 39.1 Å². The molecule has 1 aromatic heterocycles. The summed E-state index contributed by atoms with van der Waals surface area (Å²) in [5, 5.41) is 3.49. The molecule has 0 radical (unpaired) electrons. The van der Waals surface area contributed by atoms with Crippen molar-refractivity contribution in [3.05, 3.63) is 89.5 Å². The van der Waals surface area contributed by atoms with Crippen LogP contribution in [-0.2, 0) is 26.1 Å². The predicted molar refractivity (Wildman–Crippen MR) is 124 cm³/mol. The molecule has 0 amide bonds. The lowest BCUT2D eigenvalue weighted by Gasteiger charge is -2.31. The maximum absolute atomic E-state index is 4.53. The van der Waals surface area contributed by atoms with Crippen LogP contribution < -0.4 is 5.32 Å². The van der Waals surface area contributed by atoms with Gasteiger partial charge in [-0.3, -0.25) is 4.99 Å². The summed E-state index contributed by atoms with van der Waals surface area (Å²) >= 11 is 0. The lowest BCUT2D eigenvalue weighted by molar-refractivity contribution is 0.377. The Hall–Kier alpha value is -2.35. The van der Waals surface area contributed by atoms with Crippen molar-refractivity contribution in [1.82, 2.24) is 19.8 Å². The average Bonchev–Trinajstić information content (AvgIpc) is 3.16. The van der Waals surface area contributed by atoms with E-state index in [0.29, 0.717) is 6.54 Å². The summed E-state index contributed by atoms with van der Waals surface area (Å²) in [7, 11) is 1.85. The van der Waals surface area contributed by atoms with Gasteiger partial charge in [0.25, 0.3) is 0 Å². The Morgan fingerprint density at radius 2 is 1.82 bits per heavy atom. The lowest BCUT2D eigenvalue weighted by atomic mass is 10.0. The Labute approximate surface area is 183 Å². The SMILES string of the molecule is CN=C(NCc1nccn1Cc1ccccc1)N1CCc2ccccc2C1.I. The summed E-state index contributed by atoms with van der Waals surface area (Å²) in [6.45, 7) is 3.36. The Balaban J connectivity index is 0.00000225. The standard InChI is InChI=1S/C22H25N5.HI/c1-23-22(27-13-11-19-9-5-6-10-20(19)17-27)25-15-21-24-12-14-26(21)16-18-7-3-2-4-8-18;/h2-10,12,14H,11,13,15-17H2,1H3,(H,23,25);1H. The zero-order valence-electron chi connectivity index (χ0n) is 16.1. The van der Waals surface area contributed by atoms with E-state index in [1.807, 2.05) is 25.5 Å². The van der Waals surface area contributed by atoms with Crippen LogP contribution in [0.25, 0.3) is 0 Å². The Bertz CT molecular complexity index is 919. The van der Waals surface area contributed by atoms with E-state index in [4.69, 9.17) is 0 Å². The van der Waals surface area contributed by atoms with Crippen molar-refractivity contribution in [2.75, 3.05) is 13.6 Å². The molecule has 4 rings (SSSR count). The minimum absolute atomic E-state index is 0. The van der Waals surface area contributed by atoms with Crippen LogP contribution in [0.3, 0.4) is 0 Å². The van der Waals surface area contributed by atoms with Gasteiger partial charge in [-0.15, -0.1) is 24.0 Å². The van der Waals surface area contributed by atoms with Gasteiger partial charge >= 0.3 is 0 Å². The molecule has 0 saturated heterocycles. The smallest absolute Gasteiger partial charge is 0.194 e. The van der Waals surface area contributed by atoms with Crippen molar-refractivity contribution < 1.29 is 0 Å². The molecular formula is C22H26IN5. The Morgan fingerprint density at radius 3 is 2.61 bits per heavy atom. The van der Waals surface area contributed by atoms with Gasteiger partial charge in [0.05, 0.1) is 6.54 Å². The molecule has 0 spiro atoms. The van der Waals surface area contributed by atoms with Crippen molar-refractivity contribution in [2.45, 2.75) is 26.1 Å². The normalized spacial score (nSPS) is 13.6. The number of hydrogen-bond donors (Lipinski definition) is 1. The summed E-state index contributed by atoms with van der Waals surface area (Å²) in [6.07, 6.45) is 4.95. The molecular weight excluding hydrogens is 461 g/mol. The minimum atomic E-state index is 0. The topological polar surface area (TPSA) is 45.5 Å². The van der Waals surface area contributed by atoms with Gasteiger partial charge < -0.3 is 14.8 Å². The number of hydrogen-bond acceptors (Lipinski definition) is 2. The van der Waals surface area contributed by atoms with Gasteiger partial charge in [-0.2, -0.15) is 0 Å². The average molecular weight is 487 g/mol. The van der Waals surface area contributed by atoms with Crippen molar-refractivity contribution in [3.8, 4) is 0 Å². The summed E-state index contributed by atoms with van der Waals surface area (Å²) in [6, 6.07) is 19.1. The number of nitrogens with one attached hydrogen (secondary N) is 1. The molecule has 0 saturated carbocycles. The summed E-state index contributed by atoms with van der Waals surface area (Å²) < 4.78 is 2.18. The van der Waals surface area contributed by atoms with Gasteiger partial charge in [-0.05, 0) is 23.1 Å². The molecule has 3 aromatic rings. The molecule has 0 atom stereocenters. The van der Waals surface area contributed by atoms with Crippen LogP contribution in [0.2, 0.25) is 0 Å². The highest BCUT2D eigenvalue weighted by Crippen LogP contribution is 2.18. The van der Waals surface area contributed by atoms with E-state index in [2.05, 4.69) is 73.3 Å². The first-order chi connectivity index (χ1) is 13.3. The molecule has 28 heavy (non-hydrogen) atoms. The molecule has 0 unspecified atom stereocenters. The fraction of sp³-hybridized carbons (Fsp3) is 0.273. The molecule has 0 bridgehead atoms. The second kappa shape index (κ2) is 9.73. The number of aliphatic imine (C=N–C) groups is 1. The molecule has 5 nitrogen and oxygen atoms in total. The van der Waals surface area contributed by atoms with E-state index in [9.17, 15) is 0 Å². The summed E-state index contributed by atoms with van der Waals surface area (Å²) in [5.74, 6) is 1.94. The van der Waals surface area contributed by atoms with E-state index in [1.54, 1.807) is 0 Å². The van der Waals surface area contributed by atoms with E-state index < -0.39 is 0 Å². The minimum Gasteiger partial charge on any atom is -0.349 e. The first-order valence-electron chi connectivity index (χ1n) is 9.40. The number of halogens is 1. The molecule has 0 fully saturated rings. The number of benzene rings is 2. The number of imidazole rings is 1. The molecule has 146 valence electrons. The fourth-order valence-electron chi connectivity index (χ4n) is 3.60. The van der Waals surface area contributed by atoms with E-state index in [-0.39, 0.29) is 24.0 Å². The fourth-order valence-corrected chi connectivity index (χ4v) is 3.60. The molecule has 1 aliphatic rings. The van der Waals surface area contributed by atoms with Crippen LogP contribution in [0.5, 0.6) is 0 Å². The number of rotatable bonds is 4. The number of fused-ring (bicyclic) bond motifs is 1. The molecule has 2 aromatic carbocycles.